The van der Waals surface area contributed by atoms with Gasteiger partial charge in [0.1, 0.15) is 17.1 Å². The van der Waals surface area contributed by atoms with E-state index >= 15 is 0 Å². The molecule has 1 aromatic carbocycles. The van der Waals surface area contributed by atoms with Gasteiger partial charge in [0.25, 0.3) is 0 Å². The number of halogens is 1. The van der Waals surface area contributed by atoms with Crippen molar-refractivity contribution in [3.8, 4) is 11.5 Å². The number of methoxy groups -OCH3 is 2. The maximum atomic E-state index is 12.3. The van der Waals surface area contributed by atoms with Crippen LogP contribution >= 0.6 is 11.6 Å². The molecular formula is C18H18ClN3O3. The summed E-state index contributed by atoms with van der Waals surface area (Å²) in [4.78, 5) is 16.7. The predicted molar refractivity (Wildman–Crippen MR) is 95.3 cm³/mol. The van der Waals surface area contributed by atoms with E-state index in [-0.39, 0.29) is 12.3 Å². The van der Waals surface area contributed by atoms with E-state index in [0.29, 0.717) is 23.1 Å². The van der Waals surface area contributed by atoms with Crippen LogP contribution in [0.3, 0.4) is 0 Å². The van der Waals surface area contributed by atoms with Crippen LogP contribution in [0.15, 0.2) is 42.7 Å². The van der Waals surface area contributed by atoms with Crippen molar-refractivity contribution in [2.75, 3.05) is 14.2 Å². The van der Waals surface area contributed by atoms with E-state index in [2.05, 4.69) is 10.3 Å². The van der Waals surface area contributed by atoms with Gasteiger partial charge in [-0.05, 0) is 30.3 Å². The highest BCUT2D eigenvalue weighted by Gasteiger charge is 2.11. The number of hydrogen-bond acceptors (Lipinski definition) is 4. The molecule has 0 aliphatic carbocycles. The van der Waals surface area contributed by atoms with Gasteiger partial charge >= 0.3 is 0 Å². The smallest absolute Gasteiger partial charge is 0.224 e. The molecular weight excluding hydrogens is 342 g/mol. The Balaban J connectivity index is 1.66. The second-order valence-electron chi connectivity index (χ2n) is 5.48. The molecule has 0 aliphatic heterocycles. The standard InChI is InChI=1S/C18H18ClN3O3/c1-24-15-4-5-16(25-2)12(7-15)8-18(23)20-9-14-11-22-10-13(19)3-6-17(22)21-14/h3-7,10-11H,8-9H2,1-2H3,(H,20,23). The number of hydrogen-bond donors (Lipinski definition) is 1. The van der Waals surface area contributed by atoms with Crippen LogP contribution in [0.1, 0.15) is 11.3 Å². The molecule has 3 aromatic rings. The Bertz CT molecular complexity index is 908. The van der Waals surface area contributed by atoms with Crippen LogP contribution in [-0.4, -0.2) is 29.5 Å². The quantitative estimate of drug-likeness (QED) is 0.735. The van der Waals surface area contributed by atoms with Crippen LogP contribution in [0.2, 0.25) is 5.02 Å². The van der Waals surface area contributed by atoms with Crippen molar-refractivity contribution in [3.63, 3.8) is 0 Å². The van der Waals surface area contributed by atoms with Crippen LogP contribution in [0, 0.1) is 0 Å². The van der Waals surface area contributed by atoms with Crippen molar-refractivity contribution >= 4 is 23.2 Å². The SMILES string of the molecule is COc1ccc(OC)c(CC(=O)NCc2cn3cc(Cl)ccc3n2)c1. The van der Waals surface area contributed by atoms with Crippen LogP contribution in [-0.2, 0) is 17.8 Å². The lowest BCUT2D eigenvalue weighted by Crippen LogP contribution is -2.24. The summed E-state index contributed by atoms with van der Waals surface area (Å²) in [6.45, 7) is 0.338. The number of ether oxygens (including phenoxy) is 2. The lowest BCUT2D eigenvalue weighted by atomic mass is 10.1. The van der Waals surface area contributed by atoms with Crippen molar-refractivity contribution in [3.05, 3.63) is 59.0 Å². The minimum Gasteiger partial charge on any atom is -0.497 e. The molecule has 130 valence electrons. The molecule has 25 heavy (non-hydrogen) atoms. The molecule has 1 amide bonds. The van der Waals surface area contributed by atoms with Crippen molar-refractivity contribution in [2.24, 2.45) is 0 Å². The lowest BCUT2D eigenvalue weighted by Gasteiger charge is -2.10. The third kappa shape index (κ3) is 4.03. The Kier molecular flexibility index (Phi) is 5.09. The minimum atomic E-state index is -0.123. The molecule has 0 spiro atoms. The number of benzene rings is 1. The van der Waals surface area contributed by atoms with Gasteiger partial charge in [0.05, 0.1) is 37.9 Å². The van der Waals surface area contributed by atoms with Gasteiger partial charge in [0.15, 0.2) is 0 Å². The molecule has 0 radical (unpaired) electrons. The predicted octanol–water partition coefficient (Wildman–Crippen LogP) is 2.86. The van der Waals surface area contributed by atoms with Gasteiger partial charge < -0.3 is 19.2 Å². The van der Waals surface area contributed by atoms with Crippen molar-refractivity contribution in [2.45, 2.75) is 13.0 Å². The van der Waals surface area contributed by atoms with Gasteiger partial charge in [-0.2, -0.15) is 0 Å². The van der Waals surface area contributed by atoms with Crippen LogP contribution in [0.4, 0.5) is 0 Å². The fourth-order valence-corrected chi connectivity index (χ4v) is 2.72. The molecule has 2 aromatic heterocycles. The molecule has 0 unspecified atom stereocenters. The molecule has 0 bridgehead atoms. The number of nitrogens with one attached hydrogen (secondary N) is 1. The van der Waals surface area contributed by atoms with Gasteiger partial charge in [0.2, 0.25) is 5.91 Å². The number of pyridine rings is 1. The Morgan fingerprint density at radius 3 is 2.80 bits per heavy atom. The number of nitrogens with zero attached hydrogens (tertiary/aromatic N) is 2. The summed E-state index contributed by atoms with van der Waals surface area (Å²) >= 11 is 5.96. The first kappa shape index (κ1) is 17.1. The van der Waals surface area contributed by atoms with Gasteiger partial charge in [0, 0.05) is 18.0 Å². The first-order valence-corrected chi connectivity index (χ1v) is 8.07. The summed E-state index contributed by atoms with van der Waals surface area (Å²) in [6, 6.07) is 8.98. The molecule has 0 saturated heterocycles. The summed E-state index contributed by atoms with van der Waals surface area (Å²) in [6.07, 6.45) is 3.81. The molecule has 1 N–H and O–H groups in total. The second kappa shape index (κ2) is 7.44. The maximum Gasteiger partial charge on any atom is 0.224 e. The van der Waals surface area contributed by atoms with Gasteiger partial charge in [-0.3, -0.25) is 4.79 Å². The molecule has 6 nitrogen and oxygen atoms in total. The van der Waals surface area contributed by atoms with E-state index in [4.69, 9.17) is 21.1 Å². The van der Waals surface area contributed by atoms with E-state index in [9.17, 15) is 4.79 Å². The van der Waals surface area contributed by atoms with Crippen LogP contribution in [0.25, 0.3) is 5.65 Å². The molecule has 0 fully saturated rings. The number of carbonyl (C=O) groups excluding carboxylic acids is 1. The van der Waals surface area contributed by atoms with Crippen LogP contribution in [0.5, 0.6) is 11.5 Å². The summed E-state index contributed by atoms with van der Waals surface area (Å²) in [5.74, 6) is 1.21. The van der Waals surface area contributed by atoms with Crippen molar-refractivity contribution < 1.29 is 14.3 Å². The molecule has 3 rings (SSSR count). The van der Waals surface area contributed by atoms with E-state index in [1.165, 1.54) is 0 Å². The third-order valence-electron chi connectivity index (χ3n) is 3.77. The summed E-state index contributed by atoms with van der Waals surface area (Å²) in [7, 11) is 3.16. The molecule has 7 heteroatoms. The van der Waals surface area contributed by atoms with E-state index < -0.39 is 0 Å². The minimum absolute atomic E-state index is 0.123. The van der Waals surface area contributed by atoms with Crippen molar-refractivity contribution in [1.82, 2.24) is 14.7 Å². The Hall–Kier alpha value is -2.73. The number of rotatable bonds is 6. The van der Waals surface area contributed by atoms with E-state index in [1.807, 2.05) is 16.7 Å². The zero-order chi connectivity index (χ0) is 17.8. The van der Waals surface area contributed by atoms with E-state index in [1.54, 1.807) is 44.7 Å². The fourth-order valence-electron chi connectivity index (χ4n) is 2.55. The summed E-state index contributed by atoms with van der Waals surface area (Å²) in [5.41, 5.74) is 2.30. The zero-order valence-corrected chi connectivity index (χ0v) is 14.7. The number of fused-ring (bicyclic) bond motifs is 1. The normalized spacial score (nSPS) is 10.7. The first-order valence-electron chi connectivity index (χ1n) is 7.70. The Morgan fingerprint density at radius 1 is 1.20 bits per heavy atom. The average molecular weight is 360 g/mol. The largest absolute Gasteiger partial charge is 0.497 e. The zero-order valence-electron chi connectivity index (χ0n) is 14.0. The highest BCUT2D eigenvalue weighted by Crippen LogP contribution is 2.24. The molecule has 0 saturated carbocycles. The first-order chi connectivity index (χ1) is 12.1. The number of aromatic nitrogens is 2. The number of imidazole rings is 1. The lowest BCUT2D eigenvalue weighted by molar-refractivity contribution is -0.120. The topological polar surface area (TPSA) is 64.9 Å². The second-order valence-corrected chi connectivity index (χ2v) is 5.91. The Morgan fingerprint density at radius 2 is 2.04 bits per heavy atom. The molecule has 0 atom stereocenters. The monoisotopic (exact) mass is 359 g/mol. The number of amides is 1. The van der Waals surface area contributed by atoms with Gasteiger partial charge in [-0.1, -0.05) is 11.6 Å². The van der Waals surface area contributed by atoms with Crippen LogP contribution < -0.4 is 14.8 Å². The highest BCUT2D eigenvalue weighted by atomic mass is 35.5. The van der Waals surface area contributed by atoms with E-state index in [0.717, 1.165) is 16.9 Å². The highest BCUT2D eigenvalue weighted by molar-refractivity contribution is 6.30. The van der Waals surface area contributed by atoms with Crippen molar-refractivity contribution in [1.29, 1.82) is 0 Å². The average Bonchev–Trinajstić information content (AvgIpc) is 3.02. The maximum absolute atomic E-state index is 12.3. The van der Waals surface area contributed by atoms with Gasteiger partial charge in [-0.25, -0.2) is 4.98 Å². The summed E-state index contributed by atoms with van der Waals surface area (Å²) < 4.78 is 12.3. The Labute approximate surface area is 150 Å². The third-order valence-corrected chi connectivity index (χ3v) is 3.99. The molecule has 0 aliphatic rings. The molecule has 2 heterocycles. The number of carbonyl (C=O) groups is 1. The summed E-state index contributed by atoms with van der Waals surface area (Å²) in [5, 5.41) is 3.50. The van der Waals surface area contributed by atoms with Gasteiger partial charge in [-0.15, -0.1) is 0 Å². The fraction of sp³-hybridized carbons (Fsp3) is 0.222.